The number of nitrogens with zero attached hydrogens (tertiary/aromatic N) is 4. The van der Waals surface area contributed by atoms with Crippen LogP contribution in [0.4, 0.5) is 5.95 Å². The van der Waals surface area contributed by atoms with Gasteiger partial charge in [-0.3, -0.25) is 4.57 Å². The average molecular weight is 331 g/mol. The molecule has 2 aromatic heterocycles. The molecule has 9 heteroatoms. The predicted molar refractivity (Wildman–Crippen MR) is 71.8 cm³/mol. The minimum Gasteiger partial charge on any atom is -0.354 e. The molecule has 18 heavy (non-hydrogen) atoms. The first-order valence-electron chi connectivity index (χ1n) is 5.17. The molecule has 0 spiro atoms. The van der Waals surface area contributed by atoms with E-state index in [4.69, 9.17) is 0 Å². The third kappa shape index (κ3) is 2.72. The van der Waals surface area contributed by atoms with Crippen LogP contribution in [0.3, 0.4) is 0 Å². The molecule has 0 radical (unpaired) electrons. The van der Waals surface area contributed by atoms with Gasteiger partial charge in [-0.2, -0.15) is 0 Å². The van der Waals surface area contributed by atoms with Gasteiger partial charge in [0.15, 0.2) is 5.16 Å². The van der Waals surface area contributed by atoms with Gasteiger partial charge in [0.1, 0.15) is 5.03 Å². The van der Waals surface area contributed by atoms with E-state index in [1.165, 1.54) is 16.3 Å². The van der Waals surface area contributed by atoms with E-state index < -0.39 is 0 Å². The van der Waals surface area contributed by atoms with Crippen LogP contribution < -0.4 is 11.0 Å². The second-order valence-corrected chi connectivity index (χ2v) is 5.16. The van der Waals surface area contributed by atoms with E-state index in [9.17, 15) is 4.79 Å². The smallest absolute Gasteiger partial charge is 0.343 e. The Labute approximate surface area is 116 Å². The van der Waals surface area contributed by atoms with Crippen molar-refractivity contribution in [2.24, 2.45) is 7.05 Å². The van der Waals surface area contributed by atoms with Crippen LogP contribution in [0.15, 0.2) is 25.6 Å². The molecule has 0 aliphatic heterocycles. The highest BCUT2D eigenvalue weighted by atomic mass is 79.9. The third-order valence-corrected chi connectivity index (χ3v) is 3.97. The molecule has 0 aliphatic rings. The quantitative estimate of drug-likeness (QED) is 0.820. The maximum atomic E-state index is 11.3. The van der Waals surface area contributed by atoms with Crippen LogP contribution in [0.1, 0.15) is 6.92 Å². The zero-order chi connectivity index (χ0) is 13.1. The fourth-order valence-electron chi connectivity index (χ4n) is 1.18. The van der Waals surface area contributed by atoms with E-state index in [0.29, 0.717) is 16.1 Å². The Morgan fingerprint density at radius 2 is 2.39 bits per heavy atom. The second kappa shape index (κ2) is 5.53. The van der Waals surface area contributed by atoms with Gasteiger partial charge in [0, 0.05) is 19.8 Å². The van der Waals surface area contributed by atoms with Crippen LogP contribution in [-0.4, -0.2) is 31.3 Å². The van der Waals surface area contributed by atoms with Gasteiger partial charge < -0.3 is 5.32 Å². The van der Waals surface area contributed by atoms with Gasteiger partial charge in [0.05, 0.1) is 4.47 Å². The number of H-pyrrole nitrogens is 1. The summed E-state index contributed by atoms with van der Waals surface area (Å²) in [5.74, 6) is 0.545. The minimum absolute atomic E-state index is 0.255. The first-order valence-corrected chi connectivity index (χ1v) is 6.78. The van der Waals surface area contributed by atoms with Gasteiger partial charge >= 0.3 is 5.69 Å². The van der Waals surface area contributed by atoms with E-state index in [1.54, 1.807) is 13.2 Å². The molecule has 96 valence electrons. The number of aromatic nitrogens is 5. The summed E-state index contributed by atoms with van der Waals surface area (Å²) in [7, 11) is 1.65. The van der Waals surface area contributed by atoms with Crippen molar-refractivity contribution >= 4 is 33.6 Å². The van der Waals surface area contributed by atoms with Crippen LogP contribution in [-0.2, 0) is 7.05 Å². The Hall–Kier alpha value is -1.35. The van der Waals surface area contributed by atoms with Crippen LogP contribution in [0, 0.1) is 0 Å². The van der Waals surface area contributed by atoms with Crippen molar-refractivity contribution in [3.8, 4) is 0 Å². The predicted octanol–water partition coefficient (Wildman–Crippen LogP) is 1.24. The van der Waals surface area contributed by atoms with Crippen LogP contribution >= 0.6 is 27.7 Å². The van der Waals surface area contributed by atoms with E-state index in [-0.39, 0.29) is 5.69 Å². The first kappa shape index (κ1) is 13.1. The molecule has 2 aromatic rings. The lowest BCUT2D eigenvalue weighted by molar-refractivity contribution is 0.764. The van der Waals surface area contributed by atoms with Crippen LogP contribution in [0.5, 0.6) is 0 Å². The summed E-state index contributed by atoms with van der Waals surface area (Å²) < 4.78 is 2.18. The maximum absolute atomic E-state index is 11.3. The molecular formula is C9H11BrN6OS. The van der Waals surface area contributed by atoms with E-state index in [2.05, 4.69) is 41.4 Å². The topological polar surface area (TPSA) is 88.5 Å². The fraction of sp³-hybridized carbons (Fsp3) is 0.333. The molecule has 0 bridgehead atoms. The first-order chi connectivity index (χ1) is 8.61. The molecule has 0 saturated heterocycles. The molecule has 2 N–H and O–H groups in total. The molecule has 0 amide bonds. The van der Waals surface area contributed by atoms with Gasteiger partial charge in [-0.05, 0) is 34.6 Å². The van der Waals surface area contributed by atoms with E-state index in [1.807, 2.05) is 6.92 Å². The highest BCUT2D eigenvalue weighted by molar-refractivity contribution is 9.10. The summed E-state index contributed by atoms with van der Waals surface area (Å²) >= 11 is 4.66. The van der Waals surface area contributed by atoms with Gasteiger partial charge in [-0.15, -0.1) is 5.10 Å². The van der Waals surface area contributed by atoms with Crippen molar-refractivity contribution in [3.05, 3.63) is 21.2 Å². The number of rotatable bonds is 4. The Kier molecular flexibility index (Phi) is 4.02. The van der Waals surface area contributed by atoms with Gasteiger partial charge in [0.2, 0.25) is 5.95 Å². The Bertz CT molecular complexity index is 609. The van der Waals surface area contributed by atoms with Gasteiger partial charge in [-0.25, -0.2) is 19.9 Å². The van der Waals surface area contributed by atoms with E-state index >= 15 is 0 Å². The van der Waals surface area contributed by atoms with Gasteiger partial charge in [0.25, 0.3) is 0 Å². The van der Waals surface area contributed by atoms with Crippen molar-refractivity contribution < 1.29 is 0 Å². The number of hydrogen-bond donors (Lipinski definition) is 2. The third-order valence-electron chi connectivity index (χ3n) is 2.07. The van der Waals surface area contributed by atoms with E-state index in [0.717, 1.165) is 11.0 Å². The van der Waals surface area contributed by atoms with Crippen molar-refractivity contribution in [2.75, 3.05) is 11.9 Å². The summed E-state index contributed by atoms with van der Waals surface area (Å²) in [6, 6.07) is 0. The molecule has 0 unspecified atom stereocenters. The van der Waals surface area contributed by atoms with Crippen molar-refractivity contribution in [2.45, 2.75) is 17.1 Å². The summed E-state index contributed by atoms with van der Waals surface area (Å²) in [5, 5.41) is 10.6. The van der Waals surface area contributed by atoms with Gasteiger partial charge in [-0.1, -0.05) is 0 Å². The van der Waals surface area contributed by atoms with Crippen LogP contribution in [0.2, 0.25) is 0 Å². The zero-order valence-corrected chi connectivity index (χ0v) is 12.2. The standard InChI is InChI=1S/C9H11BrN6OS/c1-3-11-7-12-4-5(10)6(13-7)18-9-15-14-8(17)16(9)2/h4H,3H2,1-2H3,(H,14,17)(H,11,12,13). The lowest BCUT2D eigenvalue weighted by atomic mass is 10.6. The van der Waals surface area contributed by atoms with Crippen molar-refractivity contribution in [1.29, 1.82) is 0 Å². The number of halogens is 1. The molecule has 2 rings (SSSR count). The SMILES string of the molecule is CCNc1ncc(Br)c(Sc2n[nH]c(=O)n2C)n1. The number of aromatic amines is 1. The Balaban J connectivity index is 2.30. The number of hydrogen-bond acceptors (Lipinski definition) is 6. The summed E-state index contributed by atoms with van der Waals surface area (Å²) in [6.45, 7) is 2.71. The lowest BCUT2D eigenvalue weighted by Gasteiger charge is -2.05. The fourth-order valence-corrected chi connectivity index (χ4v) is 2.38. The Morgan fingerprint density at radius 3 is 3.00 bits per heavy atom. The monoisotopic (exact) mass is 330 g/mol. The minimum atomic E-state index is -0.255. The molecule has 0 saturated carbocycles. The highest BCUT2D eigenvalue weighted by Gasteiger charge is 2.11. The summed E-state index contributed by atoms with van der Waals surface area (Å²) in [6.07, 6.45) is 1.66. The molecule has 0 aliphatic carbocycles. The summed E-state index contributed by atoms with van der Waals surface area (Å²) in [5.41, 5.74) is -0.255. The molecule has 0 aromatic carbocycles. The lowest BCUT2D eigenvalue weighted by Crippen LogP contribution is -2.12. The van der Waals surface area contributed by atoms with Crippen molar-refractivity contribution in [3.63, 3.8) is 0 Å². The van der Waals surface area contributed by atoms with Crippen LogP contribution in [0.25, 0.3) is 0 Å². The molecule has 2 heterocycles. The molecule has 0 atom stereocenters. The highest BCUT2D eigenvalue weighted by Crippen LogP contribution is 2.29. The molecule has 0 fully saturated rings. The number of anilines is 1. The average Bonchev–Trinajstić information content (AvgIpc) is 2.66. The molecule has 7 nitrogen and oxygen atoms in total. The summed E-state index contributed by atoms with van der Waals surface area (Å²) in [4.78, 5) is 19.7. The molecular weight excluding hydrogens is 320 g/mol. The maximum Gasteiger partial charge on any atom is 0.343 e. The second-order valence-electron chi connectivity index (χ2n) is 3.35. The zero-order valence-electron chi connectivity index (χ0n) is 9.77. The Morgan fingerprint density at radius 1 is 1.61 bits per heavy atom. The normalized spacial score (nSPS) is 10.6. The number of nitrogens with one attached hydrogen (secondary N) is 2. The van der Waals surface area contributed by atoms with Crippen molar-refractivity contribution in [1.82, 2.24) is 24.7 Å². The largest absolute Gasteiger partial charge is 0.354 e.